The highest BCUT2D eigenvalue weighted by atomic mass is 16.9. The van der Waals surface area contributed by atoms with Crippen molar-refractivity contribution < 1.29 is 33.2 Å². The van der Waals surface area contributed by atoms with E-state index in [2.05, 4.69) is 0 Å². The molecule has 5 atom stereocenters. The van der Waals surface area contributed by atoms with Gasteiger partial charge in [-0.05, 0) is 27.7 Å². The minimum absolute atomic E-state index is 0.100. The van der Waals surface area contributed by atoms with Gasteiger partial charge in [0.15, 0.2) is 17.9 Å². The van der Waals surface area contributed by atoms with Gasteiger partial charge in [0, 0.05) is 6.92 Å². The molecule has 0 amide bonds. The summed E-state index contributed by atoms with van der Waals surface area (Å²) >= 11 is 0. The van der Waals surface area contributed by atoms with Gasteiger partial charge in [-0.2, -0.15) is 0 Å². The molecule has 0 radical (unpaired) electrons. The van der Waals surface area contributed by atoms with Crippen molar-refractivity contribution in [1.82, 2.24) is 0 Å². The third-order valence-corrected chi connectivity index (χ3v) is 3.70. The predicted molar refractivity (Wildman–Crippen MR) is 69.2 cm³/mol. The molecule has 3 rings (SSSR count). The number of carbonyl (C=O) groups is 1. The topological polar surface area (TPSA) is 72.5 Å². The molecule has 7 nitrogen and oxygen atoms in total. The Morgan fingerprint density at radius 3 is 2.19 bits per heavy atom. The number of hydrogen-bond acceptors (Lipinski definition) is 7. The third kappa shape index (κ3) is 2.93. The predicted octanol–water partition coefficient (Wildman–Crippen LogP) is 0.946. The van der Waals surface area contributed by atoms with E-state index in [0.29, 0.717) is 0 Å². The number of esters is 1. The number of hydrogen-bond donors (Lipinski definition) is 0. The standard InChI is InChI=1S/C14H22O7/c1-7(15)16-6-8-9-10(19-13(2,3)18-9)11-12(17-8)21-14(4,5)20-11/h8-12H,6H2,1-5H3/t8-,9+,10+,11+,12+/m0/s1. The summed E-state index contributed by atoms with van der Waals surface area (Å²) in [5.74, 6) is -1.84. The van der Waals surface area contributed by atoms with Crippen molar-refractivity contribution in [3.05, 3.63) is 0 Å². The molecule has 0 aromatic heterocycles. The lowest BCUT2D eigenvalue weighted by molar-refractivity contribution is -0.242. The number of fused-ring (bicyclic) bond motifs is 3. The molecule has 3 aliphatic rings. The normalized spacial score (nSPS) is 43.2. The molecule has 0 saturated carbocycles. The zero-order chi connectivity index (χ0) is 15.4. The van der Waals surface area contributed by atoms with E-state index in [1.165, 1.54) is 6.92 Å². The fourth-order valence-corrected chi connectivity index (χ4v) is 3.03. The van der Waals surface area contributed by atoms with Crippen LogP contribution in [-0.4, -0.2) is 54.9 Å². The maximum Gasteiger partial charge on any atom is 0.302 e. The second kappa shape index (κ2) is 4.89. The molecule has 0 unspecified atom stereocenters. The van der Waals surface area contributed by atoms with E-state index < -0.39 is 24.0 Å². The Labute approximate surface area is 123 Å². The van der Waals surface area contributed by atoms with Crippen LogP contribution in [0.1, 0.15) is 34.6 Å². The molecular weight excluding hydrogens is 280 g/mol. The zero-order valence-electron chi connectivity index (χ0n) is 13.0. The molecule has 7 heteroatoms. The summed E-state index contributed by atoms with van der Waals surface area (Å²) in [5, 5.41) is 0. The Hall–Kier alpha value is -0.730. The van der Waals surface area contributed by atoms with E-state index in [0.717, 1.165) is 0 Å². The average molecular weight is 302 g/mol. The van der Waals surface area contributed by atoms with Gasteiger partial charge in [-0.15, -0.1) is 0 Å². The largest absolute Gasteiger partial charge is 0.463 e. The fraction of sp³-hybridized carbons (Fsp3) is 0.929. The van der Waals surface area contributed by atoms with E-state index in [1.54, 1.807) is 0 Å². The molecule has 0 N–H and O–H groups in total. The Morgan fingerprint density at radius 2 is 1.52 bits per heavy atom. The number of carbonyl (C=O) groups excluding carboxylic acids is 1. The number of ether oxygens (including phenoxy) is 6. The first kappa shape index (κ1) is 15.2. The SMILES string of the molecule is CC(=O)OC[C@@H]1O[C@@H]2OC(C)(C)O[C@@H]2[C@@H]2OC(C)(C)O[C@@H]21. The Balaban J connectivity index is 1.80. The van der Waals surface area contributed by atoms with Crippen molar-refractivity contribution in [1.29, 1.82) is 0 Å². The lowest BCUT2D eigenvalue weighted by Gasteiger charge is -2.36. The van der Waals surface area contributed by atoms with Gasteiger partial charge < -0.3 is 28.4 Å². The summed E-state index contributed by atoms with van der Waals surface area (Å²) in [5.41, 5.74) is 0. The van der Waals surface area contributed by atoms with E-state index in [9.17, 15) is 4.79 Å². The summed E-state index contributed by atoms with van der Waals surface area (Å²) in [6, 6.07) is 0. The maximum absolute atomic E-state index is 11.0. The highest BCUT2D eigenvalue weighted by Gasteiger charge is 2.60. The van der Waals surface area contributed by atoms with Crippen LogP contribution < -0.4 is 0 Å². The molecule has 120 valence electrons. The maximum atomic E-state index is 11.0. The van der Waals surface area contributed by atoms with Crippen molar-refractivity contribution in [2.45, 2.75) is 76.9 Å². The minimum atomic E-state index is -0.744. The van der Waals surface area contributed by atoms with Gasteiger partial charge in [0.05, 0.1) is 0 Å². The summed E-state index contributed by atoms with van der Waals surface area (Å²) in [4.78, 5) is 11.0. The van der Waals surface area contributed by atoms with Crippen molar-refractivity contribution in [3.8, 4) is 0 Å². The molecule has 3 fully saturated rings. The van der Waals surface area contributed by atoms with Crippen LogP contribution in [0.15, 0.2) is 0 Å². The molecule has 21 heavy (non-hydrogen) atoms. The monoisotopic (exact) mass is 302 g/mol. The average Bonchev–Trinajstić information content (AvgIpc) is 2.80. The lowest BCUT2D eigenvalue weighted by atomic mass is 9.99. The molecule has 0 aliphatic carbocycles. The van der Waals surface area contributed by atoms with Gasteiger partial charge >= 0.3 is 5.97 Å². The summed E-state index contributed by atoms with van der Waals surface area (Å²) in [6.45, 7) is 8.78. The quantitative estimate of drug-likeness (QED) is 0.703. The highest BCUT2D eigenvalue weighted by molar-refractivity contribution is 5.65. The second-order valence-corrected chi connectivity index (χ2v) is 6.51. The lowest BCUT2D eigenvalue weighted by Crippen LogP contribution is -2.56. The van der Waals surface area contributed by atoms with Crippen LogP contribution in [-0.2, 0) is 33.2 Å². The minimum Gasteiger partial charge on any atom is -0.463 e. The van der Waals surface area contributed by atoms with E-state index in [-0.39, 0.29) is 30.9 Å². The van der Waals surface area contributed by atoms with Crippen molar-refractivity contribution in [2.75, 3.05) is 6.61 Å². The number of rotatable bonds is 2. The van der Waals surface area contributed by atoms with Crippen LogP contribution in [0, 0.1) is 0 Å². The van der Waals surface area contributed by atoms with Crippen LogP contribution in [0.5, 0.6) is 0 Å². The third-order valence-electron chi connectivity index (χ3n) is 3.70. The van der Waals surface area contributed by atoms with Crippen LogP contribution in [0.25, 0.3) is 0 Å². The first-order valence-electron chi connectivity index (χ1n) is 7.17. The Bertz CT molecular complexity index is 433. The summed E-state index contributed by atoms with van der Waals surface area (Å²) < 4.78 is 34.4. The van der Waals surface area contributed by atoms with Crippen LogP contribution in [0.2, 0.25) is 0 Å². The molecule has 0 aromatic carbocycles. The molecule has 3 aliphatic heterocycles. The second-order valence-electron chi connectivity index (χ2n) is 6.51. The van der Waals surface area contributed by atoms with Gasteiger partial charge in [-0.1, -0.05) is 0 Å². The Morgan fingerprint density at radius 1 is 0.952 bits per heavy atom. The van der Waals surface area contributed by atoms with Gasteiger partial charge in [-0.3, -0.25) is 4.79 Å². The van der Waals surface area contributed by atoms with Crippen LogP contribution in [0.3, 0.4) is 0 Å². The van der Waals surface area contributed by atoms with Crippen molar-refractivity contribution in [2.24, 2.45) is 0 Å². The first-order chi connectivity index (χ1) is 9.67. The van der Waals surface area contributed by atoms with Gasteiger partial charge in [0.1, 0.15) is 31.0 Å². The van der Waals surface area contributed by atoms with E-state index in [1.807, 2.05) is 27.7 Å². The summed E-state index contributed by atoms with van der Waals surface area (Å²) in [6.07, 6.45) is -2.04. The van der Waals surface area contributed by atoms with Crippen LogP contribution in [0.4, 0.5) is 0 Å². The molecule has 0 bridgehead atoms. The molecular formula is C14H22O7. The first-order valence-corrected chi connectivity index (χ1v) is 7.17. The highest BCUT2D eigenvalue weighted by Crippen LogP contribution is 2.44. The van der Waals surface area contributed by atoms with Gasteiger partial charge in [0.25, 0.3) is 0 Å². The Kier molecular flexibility index (Phi) is 3.53. The fourth-order valence-electron chi connectivity index (χ4n) is 3.03. The van der Waals surface area contributed by atoms with E-state index >= 15 is 0 Å². The molecule has 0 spiro atoms. The van der Waals surface area contributed by atoms with Gasteiger partial charge in [0.2, 0.25) is 0 Å². The summed E-state index contributed by atoms with van der Waals surface area (Å²) in [7, 11) is 0. The van der Waals surface area contributed by atoms with Crippen molar-refractivity contribution in [3.63, 3.8) is 0 Å². The van der Waals surface area contributed by atoms with E-state index in [4.69, 9.17) is 28.4 Å². The molecule has 3 heterocycles. The molecule has 0 aromatic rings. The van der Waals surface area contributed by atoms with Crippen molar-refractivity contribution >= 4 is 5.97 Å². The van der Waals surface area contributed by atoms with Crippen LogP contribution >= 0.6 is 0 Å². The zero-order valence-corrected chi connectivity index (χ0v) is 13.0. The molecule has 3 saturated heterocycles. The van der Waals surface area contributed by atoms with Gasteiger partial charge in [-0.25, -0.2) is 0 Å². The smallest absolute Gasteiger partial charge is 0.302 e.